The zero-order valence-electron chi connectivity index (χ0n) is 15.6. The van der Waals surface area contributed by atoms with Crippen LogP contribution >= 0.6 is 0 Å². The number of aryl methyl sites for hydroxylation is 2. The van der Waals surface area contributed by atoms with Crippen LogP contribution in [0.25, 0.3) is 5.57 Å². The Bertz CT molecular complexity index is 511. The molecule has 1 aromatic rings. The normalized spacial score (nSPS) is 11.0. The van der Waals surface area contributed by atoms with Crippen LogP contribution in [0.4, 0.5) is 0 Å². The van der Waals surface area contributed by atoms with E-state index in [2.05, 4.69) is 45.5 Å². The minimum Gasteiger partial charge on any atom is -0.300 e. The lowest BCUT2D eigenvalue weighted by Gasteiger charge is -2.11. The summed E-state index contributed by atoms with van der Waals surface area (Å²) in [6.07, 6.45) is 8.00. The lowest BCUT2D eigenvalue weighted by molar-refractivity contribution is -0.119. The second-order valence-corrected chi connectivity index (χ2v) is 7.19. The Hall–Kier alpha value is -1.37. The minimum absolute atomic E-state index is 0.417. The van der Waals surface area contributed by atoms with Crippen LogP contribution in [0.3, 0.4) is 0 Å². The van der Waals surface area contributed by atoms with E-state index in [0.29, 0.717) is 12.2 Å². The molecule has 0 aliphatic carbocycles. The number of allylic oxidation sites excluding steroid dienone is 1. The largest absolute Gasteiger partial charge is 0.300 e. The van der Waals surface area contributed by atoms with Crippen LogP contribution in [0, 0.1) is 5.92 Å². The van der Waals surface area contributed by atoms with Gasteiger partial charge in [-0.2, -0.15) is 0 Å². The van der Waals surface area contributed by atoms with Crippen molar-refractivity contribution in [3.63, 3.8) is 0 Å². The molecule has 23 heavy (non-hydrogen) atoms. The Morgan fingerprint density at radius 1 is 1.09 bits per heavy atom. The highest BCUT2D eigenvalue weighted by Crippen LogP contribution is 2.20. The molecule has 0 atom stereocenters. The van der Waals surface area contributed by atoms with Crippen LogP contribution in [0.5, 0.6) is 0 Å². The van der Waals surface area contributed by atoms with Gasteiger partial charge in [0.15, 0.2) is 0 Å². The zero-order valence-corrected chi connectivity index (χ0v) is 15.6. The maximum atomic E-state index is 12.1. The minimum atomic E-state index is 0.417. The number of rotatable bonds is 11. The van der Waals surface area contributed by atoms with Gasteiger partial charge in [-0.05, 0) is 48.8 Å². The van der Waals surface area contributed by atoms with Gasteiger partial charge in [-0.1, -0.05) is 70.4 Å². The number of carbonyl (C=O) groups excluding carboxylic acids is 1. The van der Waals surface area contributed by atoms with Crippen LogP contribution in [-0.2, 0) is 17.6 Å². The molecule has 0 unspecified atom stereocenters. The lowest BCUT2D eigenvalue weighted by Crippen LogP contribution is -2.03. The molecule has 0 saturated carbocycles. The van der Waals surface area contributed by atoms with Gasteiger partial charge in [0.25, 0.3) is 0 Å². The van der Waals surface area contributed by atoms with Crippen molar-refractivity contribution in [2.75, 3.05) is 0 Å². The Morgan fingerprint density at radius 2 is 1.83 bits per heavy atom. The van der Waals surface area contributed by atoms with Crippen molar-refractivity contribution >= 4 is 11.4 Å². The van der Waals surface area contributed by atoms with E-state index in [9.17, 15) is 4.79 Å². The molecule has 128 valence electrons. The molecule has 0 fully saturated rings. The maximum Gasteiger partial charge on any atom is 0.133 e. The highest BCUT2D eigenvalue weighted by atomic mass is 16.1. The molecule has 0 aliphatic heterocycles. The van der Waals surface area contributed by atoms with E-state index in [1.165, 1.54) is 29.5 Å². The summed E-state index contributed by atoms with van der Waals surface area (Å²) in [5.74, 6) is 1.16. The molecule has 0 amide bonds. The number of hydrogen-bond acceptors (Lipinski definition) is 1. The molecule has 0 heterocycles. The van der Waals surface area contributed by atoms with E-state index in [-0.39, 0.29) is 0 Å². The maximum absolute atomic E-state index is 12.1. The first kappa shape index (κ1) is 19.7. The fourth-order valence-electron chi connectivity index (χ4n) is 2.91. The summed E-state index contributed by atoms with van der Waals surface area (Å²) in [6, 6.07) is 6.60. The molecule has 0 saturated heterocycles. The molecule has 0 aliphatic rings. The van der Waals surface area contributed by atoms with Crippen LogP contribution in [0.2, 0.25) is 0 Å². The predicted molar refractivity (Wildman–Crippen MR) is 102 cm³/mol. The van der Waals surface area contributed by atoms with Gasteiger partial charge in [0, 0.05) is 12.8 Å². The van der Waals surface area contributed by atoms with E-state index in [1.807, 2.05) is 6.92 Å². The topological polar surface area (TPSA) is 17.1 Å². The van der Waals surface area contributed by atoms with Gasteiger partial charge >= 0.3 is 0 Å². The number of ketones is 1. The Balaban J connectivity index is 2.52. The summed E-state index contributed by atoms with van der Waals surface area (Å²) in [4.78, 5) is 12.1. The van der Waals surface area contributed by atoms with Crippen molar-refractivity contribution in [3.05, 3.63) is 41.5 Å². The van der Waals surface area contributed by atoms with Crippen LogP contribution in [0.1, 0.15) is 82.9 Å². The van der Waals surface area contributed by atoms with Crippen LogP contribution in [0.15, 0.2) is 24.8 Å². The summed E-state index contributed by atoms with van der Waals surface area (Å²) in [5.41, 5.74) is 5.06. The number of unbranched alkanes of at least 4 members (excludes halogenated alkanes) is 1. The fraction of sp³-hybridized carbons (Fsp3) is 0.591. The Labute approximate surface area is 143 Å². The van der Waals surface area contributed by atoms with Gasteiger partial charge in [0.1, 0.15) is 5.78 Å². The van der Waals surface area contributed by atoms with Gasteiger partial charge in [0.05, 0.1) is 0 Å². The highest BCUT2D eigenvalue weighted by Gasteiger charge is 2.08. The molecule has 0 aromatic heterocycles. The molecule has 1 aromatic carbocycles. The predicted octanol–water partition coefficient (Wildman–Crippen LogP) is 6.39. The van der Waals surface area contributed by atoms with E-state index in [0.717, 1.165) is 43.6 Å². The Kier molecular flexibility index (Phi) is 8.91. The number of carbonyl (C=O) groups is 1. The third-order valence-corrected chi connectivity index (χ3v) is 4.38. The second-order valence-electron chi connectivity index (χ2n) is 7.19. The third-order valence-electron chi connectivity index (χ3n) is 4.38. The highest BCUT2D eigenvalue weighted by molar-refractivity contribution is 5.78. The molecular weight excluding hydrogens is 280 g/mol. The second kappa shape index (κ2) is 10.4. The van der Waals surface area contributed by atoms with E-state index >= 15 is 0 Å². The molecule has 0 spiro atoms. The summed E-state index contributed by atoms with van der Waals surface area (Å²) in [7, 11) is 0. The molecule has 1 rings (SSSR count). The molecule has 1 nitrogen and oxygen atoms in total. The average molecular weight is 315 g/mol. The number of Topliss-reactive ketones (excluding diaryl/α,β-unsaturated/α-hetero) is 1. The van der Waals surface area contributed by atoms with Crippen molar-refractivity contribution in [1.29, 1.82) is 0 Å². The third kappa shape index (κ3) is 7.63. The van der Waals surface area contributed by atoms with Crippen molar-refractivity contribution in [3.8, 4) is 0 Å². The van der Waals surface area contributed by atoms with Gasteiger partial charge < -0.3 is 0 Å². The van der Waals surface area contributed by atoms with Crippen LogP contribution in [-0.4, -0.2) is 5.78 Å². The number of benzene rings is 1. The molecule has 0 radical (unpaired) electrons. The van der Waals surface area contributed by atoms with Crippen molar-refractivity contribution in [1.82, 2.24) is 0 Å². The van der Waals surface area contributed by atoms with Crippen molar-refractivity contribution < 1.29 is 4.79 Å². The zero-order chi connectivity index (χ0) is 17.2. The van der Waals surface area contributed by atoms with Crippen molar-refractivity contribution in [2.45, 2.75) is 79.1 Å². The summed E-state index contributed by atoms with van der Waals surface area (Å²) in [6.45, 7) is 12.8. The first-order valence-corrected chi connectivity index (χ1v) is 9.23. The van der Waals surface area contributed by atoms with Crippen molar-refractivity contribution in [2.24, 2.45) is 5.92 Å². The van der Waals surface area contributed by atoms with Gasteiger partial charge in [-0.15, -0.1) is 0 Å². The van der Waals surface area contributed by atoms with Crippen LogP contribution < -0.4 is 0 Å². The molecule has 1 heteroatoms. The number of hydrogen-bond donors (Lipinski definition) is 0. The summed E-state index contributed by atoms with van der Waals surface area (Å²) >= 11 is 0. The average Bonchev–Trinajstić information content (AvgIpc) is 2.50. The summed E-state index contributed by atoms with van der Waals surface area (Å²) < 4.78 is 0. The Morgan fingerprint density at radius 3 is 2.43 bits per heavy atom. The first-order chi connectivity index (χ1) is 10.9. The lowest BCUT2D eigenvalue weighted by atomic mass is 9.94. The molecule has 0 N–H and O–H groups in total. The van der Waals surface area contributed by atoms with E-state index in [4.69, 9.17) is 0 Å². The van der Waals surface area contributed by atoms with E-state index in [1.54, 1.807) is 0 Å². The molecule has 0 bridgehead atoms. The fourth-order valence-corrected chi connectivity index (χ4v) is 2.91. The van der Waals surface area contributed by atoms with E-state index < -0.39 is 0 Å². The molecular formula is C22H34O. The van der Waals surface area contributed by atoms with Gasteiger partial charge in [-0.25, -0.2) is 0 Å². The quantitative estimate of drug-likeness (QED) is 0.432. The first-order valence-electron chi connectivity index (χ1n) is 9.23. The SMILES string of the molecule is C=C(C)c1ccc(CCC(=O)CCCCC(C)C)c(CCC)c1. The monoisotopic (exact) mass is 314 g/mol. The smallest absolute Gasteiger partial charge is 0.133 e. The van der Waals surface area contributed by atoms with Gasteiger partial charge in [0.2, 0.25) is 0 Å². The van der Waals surface area contributed by atoms with Gasteiger partial charge in [-0.3, -0.25) is 4.79 Å². The summed E-state index contributed by atoms with van der Waals surface area (Å²) in [5, 5.41) is 0. The standard InChI is InChI=1S/C22H34O/c1-6-9-21-16-20(18(4)5)13-12-19(21)14-15-22(23)11-8-7-10-17(2)3/h12-13,16-17H,4,6-11,14-15H2,1-3,5H3.